The second-order valence-corrected chi connectivity index (χ2v) is 5.23. The molecule has 0 aliphatic carbocycles. The van der Waals surface area contributed by atoms with Gasteiger partial charge in [0.15, 0.2) is 17.6 Å². The van der Waals surface area contributed by atoms with Gasteiger partial charge in [0.05, 0.1) is 7.11 Å². The normalized spacial score (nSPS) is 11.8. The minimum absolute atomic E-state index is 0.125. The molecule has 110 valence electrons. The fraction of sp³-hybridized carbons (Fsp3) is 0.235. The van der Waals surface area contributed by atoms with Crippen LogP contribution in [0.1, 0.15) is 22.8 Å². The standard InChI is InChI=1S/C17H17ClO3/c1-11-7-8-15(16(9-11)20-3)21-12(2)17(19)13-5-4-6-14(18)10-13/h4-10,12H,1-3H3. The van der Waals surface area contributed by atoms with E-state index in [-0.39, 0.29) is 5.78 Å². The van der Waals surface area contributed by atoms with Gasteiger partial charge in [-0.3, -0.25) is 4.79 Å². The topological polar surface area (TPSA) is 35.5 Å². The van der Waals surface area contributed by atoms with Crippen molar-refractivity contribution in [2.45, 2.75) is 20.0 Å². The number of ketones is 1. The van der Waals surface area contributed by atoms with Gasteiger partial charge in [-0.25, -0.2) is 0 Å². The van der Waals surface area contributed by atoms with Gasteiger partial charge in [0.25, 0.3) is 0 Å². The maximum absolute atomic E-state index is 12.3. The number of ether oxygens (including phenoxy) is 2. The van der Waals surface area contributed by atoms with Crippen LogP contribution < -0.4 is 9.47 Å². The smallest absolute Gasteiger partial charge is 0.203 e. The van der Waals surface area contributed by atoms with E-state index in [0.29, 0.717) is 22.1 Å². The quantitative estimate of drug-likeness (QED) is 0.772. The number of rotatable bonds is 5. The van der Waals surface area contributed by atoms with Crippen molar-refractivity contribution in [2.24, 2.45) is 0 Å². The fourth-order valence-corrected chi connectivity index (χ4v) is 2.18. The molecule has 3 nitrogen and oxygen atoms in total. The Kier molecular flexibility index (Phi) is 4.86. The van der Waals surface area contributed by atoms with Crippen molar-refractivity contribution in [3.8, 4) is 11.5 Å². The van der Waals surface area contributed by atoms with Crippen LogP contribution in [0, 0.1) is 6.92 Å². The second-order valence-electron chi connectivity index (χ2n) is 4.79. The predicted octanol–water partition coefficient (Wildman–Crippen LogP) is 4.31. The van der Waals surface area contributed by atoms with Gasteiger partial charge in [0.1, 0.15) is 0 Å². The number of aryl methyl sites for hydroxylation is 1. The molecule has 0 radical (unpaired) electrons. The molecule has 0 spiro atoms. The lowest BCUT2D eigenvalue weighted by Crippen LogP contribution is -2.24. The van der Waals surface area contributed by atoms with E-state index < -0.39 is 6.10 Å². The van der Waals surface area contributed by atoms with Crippen molar-refractivity contribution in [1.82, 2.24) is 0 Å². The molecule has 0 aliphatic heterocycles. The molecule has 2 aromatic carbocycles. The summed E-state index contributed by atoms with van der Waals surface area (Å²) < 4.78 is 11.0. The molecule has 1 unspecified atom stereocenters. The highest BCUT2D eigenvalue weighted by atomic mass is 35.5. The van der Waals surface area contributed by atoms with E-state index in [0.717, 1.165) is 5.56 Å². The van der Waals surface area contributed by atoms with Gasteiger partial charge >= 0.3 is 0 Å². The summed E-state index contributed by atoms with van der Waals surface area (Å²) in [5.41, 5.74) is 1.59. The summed E-state index contributed by atoms with van der Waals surface area (Å²) in [4.78, 5) is 12.3. The molecule has 2 rings (SSSR count). The number of halogens is 1. The highest BCUT2D eigenvalue weighted by Crippen LogP contribution is 2.29. The number of methoxy groups -OCH3 is 1. The van der Waals surface area contributed by atoms with E-state index in [1.54, 1.807) is 44.4 Å². The van der Waals surface area contributed by atoms with E-state index in [9.17, 15) is 4.79 Å². The first-order chi connectivity index (χ1) is 10.0. The fourth-order valence-electron chi connectivity index (χ4n) is 1.99. The molecule has 0 bridgehead atoms. The van der Waals surface area contributed by atoms with Crippen LogP contribution >= 0.6 is 11.6 Å². The summed E-state index contributed by atoms with van der Waals surface area (Å²) in [5.74, 6) is 1.03. The molecule has 1 atom stereocenters. The third kappa shape index (κ3) is 3.76. The first-order valence-corrected chi connectivity index (χ1v) is 7.00. The molecule has 0 aromatic heterocycles. The van der Waals surface area contributed by atoms with Gasteiger partial charge in [-0.2, -0.15) is 0 Å². The van der Waals surface area contributed by atoms with Crippen LogP contribution in [0.5, 0.6) is 11.5 Å². The summed E-state index contributed by atoms with van der Waals surface area (Å²) in [7, 11) is 1.57. The molecule has 21 heavy (non-hydrogen) atoms. The predicted molar refractivity (Wildman–Crippen MR) is 83.6 cm³/mol. The Morgan fingerprint density at radius 2 is 1.90 bits per heavy atom. The van der Waals surface area contributed by atoms with Gasteiger partial charge in [-0.15, -0.1) is 0 Å². The number of carbonyl (C=O) groups excluding carboxylic acids is 1. The van der Waals surface area contributed by atoms with E-state index in [1.165, 1.54) is 0 Å². The lowest BCUT2D eigenvalue weighted by atomic mass is 10.1. The van der Waals surface area contributed by atoms with Gasteiger partial charge < -0.3 is 9.47 Å². The summed E-state index contributed by atoms with van der Waals surface area (Å²) >= 11 is 5.91. The SMILES string of the molecule is COc1cc(C)ccc1OC(C)C(=O)c1cccc(Cl)c1. The Labute approximate surface area is 129 Å². The van der Waals surface area contributed by atoms with Crippen molar-refractivity contribution < 1.29 is 14.3 Å². The molecule has 4 heteroatoms. The van der Waals surface area contributed by atoms with Crippen LogP contribution in [-0.2, 0) is 0 Å². The number of hydrogen-bond acceptors (Lipinski definition) is 3. The zero-order valence-electron chi connectivity index (χ0n) is 12.2. The number of benzene rings is 2. The monoisotopic (exact) mass is 304 g/mol. The average Bonchev–Trinajstić information content (AvgIpc) is 2.48. The maximum Gasteiger partial charge on any atom is 0.203 e. The van der Waals surface area contributed by atoms with E-state index >= 15 is 0 Å². The number of Topliss-reactive ketones (excluding diaryl/α,β-unsaturated/α-hetero) is 1. The molecule has 0 aliphatic rings. The molecule has 0 fully saturated rings. The number of carbonyl (C=O) groups is 1. The Bertz CT molecular complexity index is 652. The van der Waals surface area contributed by atoms with Gasteiger partial charge in [-0.1, -0.05) is 29.8 Å². The van der Waals surface area contributed by atoms with E-state index in [1.807, 2.05) is 19.1 Å². The molecule has 0 heterocycles. The summed E-state index contributed by atoms with van der Waals surface area (Å²) in [6.45, 7) is 3.68. The number of hydrogen-bond donors (Lipinski definition) is 0. The van der Waals surface area contributed by atoms with Crippen molar-refractivity contribution in [3.05, 3.63) is 58.6 Å². The molecular formula is C17H17ClO3. The molecule has 0 N–H and O–H groups in total. The minimum Gasteiger partial charge on any atom is -0.493 e. The molecule has 2 aromatic rings. The summed E-state index contributed by atoms with van der Waals surface area (Å²) in [5, 5.41) is 0.529. The van der Waals surface area contributed by atoms with Crippen LogP contribution in [0.4, 0.5) is 0 Å². The van der Waals surface area contributed by atoms with Crippen LogP contribution in [-0.4, -0.2) is 19.0 Å². The van der Waals surface area contributed by atoms with Crippen molar-refractivity contribution in [2.75, 3.05) is 7.11 Å². The Morgan fingerprint density at radius 1 is 1.14 bits per heavy atom. The Morgan fingerprint density at radius 3 is 2.57 bits per heavy atom. The summed E-state index contributed by atoms with van der Waals surface area (Å²) in [6, 6.07) is 12.4. The van der Waals surface area contributed by atoms with Gasteiger partial charge in [0.2, 0.25) is 5.78 Å². The Balaban J connectivity index is 2.18. The molecule has 0 saturated carbocycles. The first-order valence-electron chi connectivity index (χ1n) is 6.62. The molecule has 0 saturated heterocycles. The van der Waals surface area contributed by atoms with Gasteiger partial charge in [-0.05, 0) is 43.7 Å². The lowest BCUT2D eigenvalue weighted by Gasteiger charge is -2.16. The second kappa shape index (κ2) is 6.64. The minimum atomic E-state index is -0.625. The first kappa shape index (κ1) is 15.4. The van der Waals surface area contributed by atoms with Gasteiger partial charge in [0, 0.05) is 10.6 Å². The maximum atomic E-state index is 12.3. The largest absolute Gasteiger partial charge is 0.493 e. The third-order valence-corrected chi connectivity index (χ3v) is 3.34. The molecular weight excluding hydrogens is 288 g/mol. The lowest BCUT2D eigenvalue weighted by molar-refractivity contribution is 0.0814. The zero-order chi connectivity index (χ0) is 15.4. The van der Waals surface area contributed by atoms with Crippen LogP contribution in [0.15, 0.2) is 42.5 Å². The third-order valence-electron chi connectivity index (χ3n) is 3.10. The molecule has 0 amide bonds. The van der Waals surface area contributed by atoms with Crippen molar-refractivity contribution >= 4 is 17.4 Å². The highest BCUT2D eigenvalue weighted by Gasteiger charge is 2.18. The summed E-state index contributed by atoms with van der Waals surface area (Å²) in [6.07, 6.45) is -0.625. The van der Waals surface area contributed by atoms with E-state index in [4.69, 9.17) is 21.1 Å². The van der Waals surface area contributed by atoms with Crippen LogP contribution in [0.25, 0.3) is 0 Å². The van der Waals surface area contributed by atoms with Crippen molar-refractivity contribution in [3.63, 3.8) is 0 Å². The van der Waals surface area contributed by atoms with Crippen molar-refractivity contribution in [1.29, 1.82) is 0 Å². The van der Waals surface area contributed by atoms with E-state index in [2.05, 4.69) is 0 Å². The van der Waals surface area contributed by atoms with Crippen LogP contribution in [0.3, 0.4) is 0 Å². The average molecular weight is 305 g/mol. The Hall–Kier alpha value is -2.00. The zero-order valence-corrected chi connectivity index (χ0v) is 13.0. The van der Waals surface area contributed by atoms with Crippen LogP contribution in [0.2, 0.25) is 5.02 Å². The highest BCUT2D eigenvalue weighted by molar-refractivity contribution is 6.31.